The number of rotatable bonds is 3. The van der Waals surface area contributed by atoms with Crippen molar-refractivity contribution in [3.05, 3.63) is 47.3 Å². The van der Waals surface area contributed by atoms with E-state index in [0.29, 0.717) is 5.56 Å². The maximum Gasteiger partial charge on any atom is 0.340 e. The van der Waals surface area contributed by atoms with Crippen molar-refractivity contribution in [2.45, 2.75) is 18.7 Å². The van der Waals surface area contributed by atoms with Gasteiger partial charge in [-0.05, 0) is 56.0 Å². The monoisotopic (exact) mass is 366 g/mol. The van der Waals surface area contributed by atoms with Gasteiger partial charge in [0.15, 0.2) is 0 Å². The van der Waals surface area contributed by atoms with Gasteiger partial charge in [0.05, 0.1) is 23.9 Å². The zero-order chi connectivity index (χ0) is 18.4. The highest BCUT2D eigenvalue weighted by atomic mass is 32.2. The second-order valence-corrected chi connectivity index (χ2v) is 7.05. The Kier molecular flexibility index (Phi) is 4.00. The number of esters is 1. The second kappa shape index (κ2) is 6.21. The summed E-state index contributed by atoms with van der Waals surface area (Å²) in [6.45, 7) is 3.77. The van der Waals surface area contributed by atoms with Crippen molar-refractivity contribution >= 4 is 39.5 Å². The SMILES string of the molecule is COC(=O)c1cc(-c2c(C)noc2C)cc2c1[nH]c1ccc(SC)cc12. The Morgan fingerprint density at radius 2 is 2.00 bits per heavy atom. The molecular formula is C20H18N2O3S. The van der Waals surface area contributed by atoms with Crippen molar-refractivity contribution in [3.8, 4) is 11.1 Å². The molecule has 5 nitrogen and oxygen atoms in total. The molecule has 0 saturated carbocycles. The number of methoxy groups -OCH3 is 1. The summed E-state index contributed by atoms with van der Waals surface area (Å²) < 4.78 is 10.3. The van der Waals surface area contributed by atoms with E-state index in [2.05, 4.69) is 28.3 Å². The fourth-order valence-corrected chi connectivity index (χ4v) is 3.86. The minimum atomic E-state index is -0.375. The summed E-state index contributed by atoms with van der Waals surface area (Å²) in [6.07, 6.45) is 2.05. The number of carbonyl (C=O) groups is 1. The number of thioether (sulfide) groups is 1. The van der Waals surface area contributed by atoms with Crippen LogP contribution in [-0.2, 0) is 4.74 Å². The lowest BCUT2D eigenvalue weighted by atomic mass is 9.98. The van der Waals surface area contributed by atoms with Gasteiger partial charge in [-0.1, -0.05) is 5.16 Å². The second-order valence-electron chi connectivity index (χ2n) is 6.17. The lowest BCUT2D eigenvalue weighted by Crippen LogP contribution is -2.02. The summed E-state index contributed by atoms with van der Waals surface area (Å²) >= 11 is 1.69. The van der Waals surface area contributed by atoms with Crippen molar-refractivity contribution in [1.82, 2.24) is 10.1 Å². The lowest BCUT2D eigenvalue weighted by Gasteiger charge is -2.07. The topological polar surface area (TPSA) is 68.1 Å². The quantitative estimate of drug-likeness (QED) is 0.403. The van der Waals surface area contributed by atoms with Crippen molar-refractivity contribution in [3.63, 3.8) is 0 Å². The molecule has 0 radical (unpaired) electrons. The third-order valence-electron chi connectivity index (χ3n) is 4.64. The average molecular weight is 366 g/mol. The molecule has 0 aliphatic heterocycles. The number of fused-ring (bicyclic) bond motifs is 3. The van der Waals surface area contributed by atoms with E-state index in [-0.39, 0.29) is 5.97 Å². The summed E-state index contributed by atoms with van der Waals surface area (Å²) in [5, 5.41) is 6.10. The number of aromatic amines is 1. The van der Waals surface area contributed by atoms with Crippen LogP contribution in [0.3, 0.4) is 0 Å². The van der Waals surface area contributed by atoms with Crippen molar-refractivity contribution in [2.75, 3.05) is 13.4 Å². The molecule has 1 N–H and O–H groups in total. The molecule has 132 valence electrons. The zero-order valence-electron chi connectivity index (χ0n) is 15.0. The lowest BCUT2D eigenvalue weighted by molar-refractivity contribution is 0.0603. The molecular weight excluding hydrogens is 348 g/mol. The molecule has 0 aliphatic rings. The van der Waals surface area contributed by atoms with Crippen LogP contribution in [0.4, 0.5) is 0 Å². The van der Waals surface area contributed by atoms with Crippen LogP contribution in [0.1, 0.15) is 21.8 Å². The van der Waals surface area contributed by atoms with E-state index in [4.69, 9.17) is 9.26 Å². The van der Waals surface area contributed by atoms with Crippen LogP contribution in [0.15, 0.2) is 39.8 Å². The van der Waals surface area contributed by atoms with Gasteiger partial charge in [0.2, 0.25) is 0 Å². The highest BCUT2D eigenvalue weighted by molar-refractivity contribution is 7.98. The van der Waals surface area contributed by atoms with Gasteiger partial charge in [-0.15, -0.1) is 11.8 Å². The van der Waals surface area contributed by atoms with Gasteiger partial charge in [0.25, 0.3) is 0 Å². The van der Waals surface area contributed by atoms with E-state index in [9.17, 15) is 4.79 Å². The molecule has 4 rings (SSSR count). The Labute approximate surface area is 154 Å². The third-order valence-corrected chi connectivity index (χ3v) is 5.37. The first-order valence-corrected chi connectivity index (χ1v) is 9.41. The molecule has 2 aromatic carbocycles. The van der Waals surface area contributed by atoms with Crippen LogP contribution in [0, 0.1) is 13.8 Å². The van der Waals surface area contributed by atoms with Gasteiger partial charge >= 0.3 is 5.97 Å². The highest BCUT2D eigenvalue weighted by Gasteiger charge is 2.20. The van der Waals surface area contributed by atoms with Gasteiger partial charge in [0.1, 0.15) is 5.76 Å². The molecule has 26 heavy (non-hydrogen) atoms. The first-order valence-electron chi connectivity index (χ1n) is 8.18. The maximum absolute atomic E-state index is 12.4. The Bertz CT molecular complexity index is 1140. The first-order chi connectivity index (χ1) is 12.5. The highest BCUT2D eigenvalue weighted by Crippen LogP contribution is 2.36. The first kappa shape index (κ1) is 16.7. The summed E-state index contributed by atoms with van der Waals surface area (Å²) in [6, 6.07) is 10.2. The van der Waals surface area contributed by atoms with Gasteiger partial charge < -0.3 is 14.2 Å². The van der Waals surface area contributed by atoms with E-state index in [1.165, 1.54) is 12.0 Å². The molecule has 2 heterocycles. The molecule has 6 heteroatoms. The number of aromatic nitrogens is 2. The number of H-pyrrole nitrogens is 1. The zero-order valence-corrected chi connectivity index (χ0v) is 15.8. The van der Waals surface area contributed by atoms with Crippen LogP contribution in [0.5, 0.6) is 0 Å². The summed E-state index contributed by atoms with van der Waals surface area (Å²) in [5.74, 6) is 0.350. The number of nitrogens with one attached hydrogen (secondary N) is 1. The number of nitrogens with zero attached hydrogens (tertiary/aromatic N) is 1. The predicted octanol–water partition coefficient (Wildman–Crippen LogP) is 5.10. The molecule has 0 unspecified atom stereocenters. The summed E-state index contributed by atoms with van der Waals surface area (Å²) in [7, 11) is 1.39. The van der Waals surface area contributed by atoms with Crippen molar-refractivity contribution in [1.29, 1.82) is 0 Å². The van der Waals surface area contributed by atoms with E-state index >= 15 is 0 Å². The molecule has 0 atom stereocenters. The van der Waals surface area contributed by atoms with Crippen LogP contribution >= 0.6 is 11.8 Å². The minimum absolute atomic E-state index is 0.375. The van der Waals surface area contributed by atoms with Crippen molar-refractivity contribution in [2.24, 2.45) is 0 Å². The van der Waals surface area contributed by atoms with Crippen molar-refractivity contribution < 1.29 is 14.1 Å². The van der Waals surface area contributed by atoms with Crippen LogP contribution < -0.4 is 0 Å². The molecule has 2 aromatic heterocycles. The minimum Gasteiger partial charge on any atom is -0.465 e. The third kappa shape index (κ3) is 2.49. The number of ether oxygens (including phenoxy) is 1. The number of hydrogen-bond donors (Lipinski definition) is 1. The Morgan fingerprint density at radius 1 is 1.19 bits per heavy atom. The summed E-state index contributed by atoms with van der Waals surface area (Å²) in [5.41, 5.74) is 4.86. The smallest absolute Gasteiger partial charge is 0.340 e. The molecule has 0 spiro atoms. The van der Waals surface area contributed by atoms with E-state index in [1.807, 2.05) is 32.2 Å². The Morgan fingerprint density at radius 3 is 2.65 bits per heavy atom. The van der Waals surface area contributed by atoms with Gasteiger partial charge in [-0.2, -0.15) is 0 Å². The normalized spacial score (nSPS) is 11.4. The largest absolute Gasteiger partial charge is 0.465 e. The van der Waals surface area contributed by atoms with Gasteiger partial charge in [0, 0.05) is 26.7 Å². The standard InChI is InChI=1S/C20H18N2O3S/c1-10-18(11(2)25-22-10)12-7-15-14-9-13(26-4)5-6-17(14)21-19(15)16(8-12)20(23)24-3/h5-9,21H,1-4H3. The number of carbonyl (C=O) groups excluding carboxylic acids is 1. The average Bonchev–Trinajstić information content (AvgIpc) is 3.19. The van der Waals surface area contributed by atoms with Gasteiger partial charge in [-0.3, -0.25) is 0 Å². The van der Waals surface area contributed by atoms with Crippen LogP contribution in [-0.4, -0.2) is 29.5 Å². The molecule has 0 fully saturated rings. The number of benzene rings is 2. The fraction of sp³-hybridized carbons (Fsp3) is 0.200. The maximum atomic E-state index is 12.4. The van der Waals surface area contributed by atoms with Crippen LogP contribution in [0.2, 0.25) is 0 Å². The molecule has 0 saturated heterocycles. The summed E-state index contributed by atoms with van der Waals surface area (Å²) in [4.78, 5) is 17.0. The molecule has 0 bridgehead atoms. The Balaban J connectivity index is 2.11. The molecule has 4 aromatic rings. The fourth-order valence-electron chi connectivity index (χ4n) is 3.42. The van der Waals surface area contributed by atoms with Gasteiger partial charge in [-0.25, -0.2) is 4.79 Å². The Hall–Kier alpha value is -2.73. The number of hydrogen-bond acceptors (Lipinski definition) is 5. The van der Waals surface area contributed by atoms with Crippen LogP contribution in [0.25, 0.3) is 32.9 Å². The van der Waals surface area contributed by atoms with E-state index in [1.54, 1.807) is 11.8 Å². The van der Waals surface area contributed by atoms with E-state index < -0.39 is 0 Å². The molecule has 0 aliphatic carbocycles. The molecule has 0 amide bonds. The predicted molar refractivity (Wildman–Crippen MR) is 104 cm³/mol. The number of aryl methyl sites for hydroxylation is 2. The van der Waals surface area contributed by atoms with E-state index in [0.717, 1.165) is 44.4 Å².